The van der Waals surface area contributed by atoms with E-state index in [1.165, 1.54) is 0 Å². The lowest BCUT2D eigenvalue weighted by Gasteiger charge is -2.05. The van der Waals surface area contributed by atoms with E-state index < -0.39 is 0 Å². The molecule has 5 nitrogen and oxygen atoms in total. The van der Waals surface area contributed by atoms with Crippen molar-refractivity contribution in [3.8, 4) is 11.5 Å². The van der Waals surface area contributed by atoms with Crippen molar-refractivity contribution >= 4 is 34.2 Å². The van der Waals surface area contributed by atoms with E-state index in [1.807, 2.05) is 0 Å². The van der Waals surface area contributed by atoms with Gasteiger partial charge in [0.15, 0.2) is 11.5 Å². The molecule has 0 saturated carbocycles. The van der Waals surface area contributed by atoms with Gasteiger partial charge in [-0.15, -0.1) is 12.4 Å². The molecule has 1 aromatic rings. The predicted molar refractivity (Wildman–Crippen MR) is 68.9 cm³/mol. The fourth-order valence-electron chi connectivity index (χ4n) is 1.39. The number of benzene rings is 1. The van der Waals surface area contributed by atoms with Gasteiger partial charge in [0.25, 0.3) is 5.91 Å². The van der Waals surface area contributed by atoms with Crippen LogP contribution in [0.3, 0.4) is 0 Å². The number of carbonyl (C=O) groups excluding carboxylic acids is 1. The number of amides is 1. The minimum absolute atomic E-state index is 0. The van der Waals surface area contributed by atoms with Gasteiger partial charge >= 0.3 is 0 Å². The van der Waals surface area contributed by atoms with Crippen LogP contribution in [0.1, 0.15) is 10.4 Å². The van der Waals surface area contributed by atoms with Crippen molar-refractivity contribution in [3.63, 3.8) is 0 Å². The Balaban J connectivity index is 0.00000144. The Morgan fingerprint density at radius 2 is 2.24 bits per heavy atom. The molecule has 0 aromatic heterocycles. The molecule has 0 unspecified atom stereocenters. The number of ether oxygens (including phenoxy) is 2. The Morgan fingerprint density at radius 3 is 2.94 bits per heavy atom. The highest BCUT2D eigenvalue weighted by Crippen LogP contribution is 2.39. The van der Waals surface area contributed by atoms with Crippen LogP contribution >= 0.6 is 28.3 Å². The summed E-state index contributed by atoms with van der Waals surface area (Å²) in [4.78, 5) is 11.7. The van der Waals surface area contributed by atoms with Gasteiger partial charge in [-0.2, -0.15) is 0 Å². The van der Waals surface area contributed by atoms with Crippen LogP contribution in [0.15, 0.2) is 16.6 Å². The normalized spacial score (nSPS) is 11.9. The molecule has 0 saturated heterocycles. The third kappa shape index (κ3) is 3.02. The third-order valence-corrected chi connectivity index (χ3v) is 2.71. The average Bonchev–Trinajstić information content (AvgIpc) is 2.74. The van der Waals surface area contributed by atoms with E-state index in [-0.39, 0.29) is 25.1 Å². The molecule has 0 radical (unpaired) electrons. The predicted octanol–water partition coefficient (Wildman–Crippen LogP) is 1.29. The summed E-state index contributed by atoms with van der Waals surface area (Å²) in [5.74, 6) is 1.03. The van der Waals surface area contributed by atoms with E-state index in [9.17, 15) is 4.79 Å². The van der Waals surface area contributed by atoms with E-state index in [4.69, 9.17) is 15.2 Å². The van der Waals surface area contributed by atoms with Gasteiger partial charge < -0.3 is 20.5 Å². The maximum atomic E-state index is 11.7. The Morgan fingerprint density at radius 1 is 1.47 bits per heavy atom. The van der Waals surface area contributed by atoms with Crippen LogP contribution in [0, 0.1) is 0 Å². The molecule has 1 aliphatic rings. The highest BCUT2D eigenvalue weighted by Gasteiger charge is 2.20. The molecule has 2 rings (SSSR count). The van der Waals surface area contributed by atoms with Crippen molar-refractivity contribution in [1.82, 2.24) is 5.32 Å². The largest absolute Gasteiger partial charge is 0.454 e. The first-order chi connectivity index (χ1) is 7.72. The van der Waals surface area contributed by atoms with Gasteiger partial charge in [0, 0.05) is 18.7 Å². The number of hydrogen-bond acceptors (Lipinski definition) is 4. The Labute approximate surface area is 113 Å². The zero-order chi connectivity index (χ0) is 11.5. The van der Waals surface area contributed by atoms with Crippen molar-refractivity contribution in [2.75, 3.05) is 19.9 Å². The highest BCUT2D eigenvalue weighted by atomic mass is 79.9. The SMILES string of the molecule is Cl.NCCNC(=O)c1cc(Br)c2c(c1)OCO2. The van der Waals surface area contributed by atoms with Crippen LogP contribution in [-0.4, -0.2) is 25.8 Å². The second kappa shape index (κ2) is 6.09. The lowest BCUT2D eigenvalue weighted by Crippen LogP contribution is -2.28. The molecule has 0 bridgehead atoms. The Kier molecular flexibility index (Phi) is 5.04. The number of carbonyl (C=O) groups is 1. The van der Waals surface area contributed by atoms with Gasteiger partial charge in [0.1, 0.15) is 0 Å². The Bertz CT molecular complexity index is 428. The smallest absolute Gasteiger partial charge is 0.251 e. The molecule has 94 valence electrons. The minimum atomic E-state index is -0.176. The molecule has 1 amide bonds. The first-order valence-electron chi connectivity index (χ1n) is 4.80. The molecule has 1 aliphatic heterocycles. The lowest BCUT2D eigenvalue weighted by atomic mass is 10.2. The van der Waals surface area contributed by atoms with Crippen LogP contribution in [0.4, 0.5) is 0 Å². The number of fused-ring (bicyclic) bond motifs is 1. The van der Waals surface area contributed by atoms with Crippen molar-refractivity contribution in [2.45, 2.75) is 0 Å². The summed E-state index contributed by atoms with van der Waals surface area (Å²) in [5.41, 5.74) is 5.82. The van der Waals surface area contributed by atoms with Crippen molar-refractivity contribution in [3.05, 3.63) is 22.2 Å². The van der Waals surface area contributed by atoms with Gasteiger partial charge in [-0.25, -0.2) is 0 Å². The maximum absolute atomic E-state index is 11.7. The first kappa shape index (κ1) is 14.1. The molecule has 1 aromatic carbocycles. The number of rotatable bonds is 3. The molecular formula is C10H12BrClN2O3. The van der Waals surface area contributed by atoms with E-state index in [1.54, 1.807) is 12.1 Å². The van der Waals surface area contributed by atoms with Gasteiger partial charge in [-0.05, 0) is 28.1 Å². The summed E-state index contributed by atoms with van der Waals surface area (Å²) in [5, 5.41) is 2.69. The van der Waals surface area contributed by atoms with Crippen LogP contribution in [-0.2, 0) is 0 Å². The van der Waals surface area contributed by atoms with Gasteiger partial charge in [0.05, 0.1) is 4.47 Å². The van der Waals surface area contributed by atoms with E-state index in [0.29, 0.717) is 34.6 Å². The molecule has 17 heavy (non-hydrogen) atoms. The molecule has 0 aliphatic carbocycles. The quantitative estimate of drug-likeness (QED) is 0.879. The second-order valence-corrected chi connectivity index (χ2v) is 4.09. The Hall–Kier alpha value is -0.980. The van der Waals surface area contributed by atoms with Crippen LogP contribution in [0.5, 0.6) is 11.5 Å². The van der Waals surface area contributed by atoms with Gasteiger partial charge in [-0.1, -0.05) is 0 Å². The van der Waals surface area contributed by atoms with Crippen LogP contribution in [0.2, 0.25) is 0 Å². The van der Waals surface area contributed by atoms with Gasteiger partial charge in [-0.3, -0.25) is 4.79 Å². The fourth-order valence-corrected chi connectivity index (χ4v) is 1.94. The average molecular weight is 324 g/mol. The topological polar surface area (TPSA) is 73.6 Å². The van der Waals surface area contributed by atoms with Crippen LogP contribution < -0.4 is 20.5 Å². The molecule has 0 spiro atoms. The third-order valence-electron chi connectivity index (χ3n) is 2.12. The summed E-state index contributed by atoms with van der Waals surface area (Å²) in [6.07, 6.45) is 0. The second-order valence-electron chi connectivity index (χ2n) is 3.24. The lowest BCUT2D eigenvalue weighted by molar-refractivity contribution is 0.0954. The van der Waals surface area contributed by atoms with Crippen molar-refractivity contribution in [2.24, 2.45) is 5.73 Å². The number of nitrogens with two attached hydrogens (primary N) is 1. The molecule has 3 N–H and O–H groups in total. The molecule has 1 heterocycles. The summed E-state index contributed by atoms with van der Waals surface area (Å²) < 4.78 is 11.2. The molecular weight excluding hydrogens is 311 g/mol. The highest BCUT2D eigenvalue weighted by molar-refractivity contribution is 9.10. The zero-order valence-corrected chi connectivity index (χ0v) is 11.3. The summed E-state index contributed by atoms with van der Waals surface area (Å²) in [6.45, 7) is 1.05. The van der Waals surface area contributed by atoms with E-state index in [0.717, 1.165) is 0 Å². The standard InChI is InChI=1S/C10H11BrN2O3.ClH/c11-7-3-6(10(14)13-2-1-12)4-8-9(7)16-5-15-8;/h3-4H,1-2,5,12H2,(H,13,14);1H. The molecule has 7 heteroatoms. The molecule has 0 fully saturated rings. The van der Waals surface area contributed by atoms with Gasteiger partial charge in [0.2, 0.25) is 6.79 Å². The monoisotopic (exact) mass is 322 g/mol. The summed E-state index contributed by atoms with van der Waals surface area (Å²) in [7, 11) is 0. The maximum Gasteiger partial charge on any atom is 0.251 e. The number of nitrogens with one attached hydrogen (secondary N) is 1. The van der Waals surface area contributed by atoms with E-state index in [2.05, 4.69) is 21.2 Å². The van der Waals surface area contributed by atoms with E-state index >= 15 is 0 Å². The first-order valence-corrected chi connectivity index (χ1v) is 5.59. The summed E-state index contributed by atoms with van der Waals surface area (Å²) in [6, 6.07) is 3.35. The van der Waals surface area contributed by atoms with Crippen molar-refractivity contribution < 1.29 is 14.3 Å². The van der Waals surface area contributed by atoms with Crippen LogP contribution in [0.25, 0.3) is 0 Å². The fraction of sp³-hybridized carbons (Fsp3) is 0.300. The zero-order valence-electron chi connectivity index (χ0n) is 8.86. The molecule has 0 atom stereocenters. The summed E-state index contributed by atoms with van der Waals surface area (Å²) >= 11 is 3.32. The number of halogens is 2. The minimum Gasteiger partial charge on any atom is -0.454 e. The number of hydrogen-bond donors (Lipinski definition) is 2. The van der Waals surface area contributed by atoms with Crippen molar-refractivity contribution in [1.29, 1.82) is 0 Å².